The van der Waals surface area contributed by atoms with Crippen LogP contribution in [0, 0.1) is 0 Å². The lowest BCUT2D eigenvalue weighted by Crippen LogP contribution is -2.28. The summed E-state index contributed by atoms with van der Waals surface area (Å²) in [6.45, 7) is 5.54. The van der Waals surface area contributed by atoms with Crippen LogP contribution < -0.4 is 10.1 Å². The van der Waals surface area contributed by atoms with Gasteiger partial charge in [0.15, 0.2) is 0 Å². The lowest BCUT2D eigenvalue weighted by atomic mass is 9.97. The highest BCUT2D eigenvalue weighted by Crippen LogP contribution is 2.34. The van der Waals surface area contributed by atoms with Crippen LogP contribution in [0.15, 0.2) is 24.0 Å². The minimum Gasteiger partial charge on any atom is -0.499 e. The number of hydrogen-bond donors (Lipinski definition) is 2. The second kappa shape index (κ2) is 7.37. The van der Waals surface area contributed by atoms with Gasteiger partial charge in [0.2, 0.25) is 0 Å². The summed E-state index contributed by atoms with van der Waals surface area (Å²) in [5.41, 5.74) is 2.59. The van der Waals surface area contributed by atoms with E-state index in [4.69, 9.17) is 14.6 Å². The number of amides is 1. The van der Waals surface area contributed by atoms with Gasteiger partial charge in [-0.05, 0) is 50.6 Å². The lowest BCUT2D eigenvalue weighted by molar-refractivity contribution is 0.209. The Bertz CT molecular complexity index is 611. The third-order valence-electron chi connectivity index (χ3n) is 3.67. The first-order valence-corrected chi connectivity index (χ1v) is 7.66. The number of carboxylic acid groups (broad SMARTS) is 1. The van der Waals surface area contributed by atoms with Crippen molar-refractivity contribution in [2.45, 2.75) is 26.4 Å². The molecular weight excluding hydrogens is 296 g/mol. The maximum absolute atomic E-state index is 10.9. The first-order valence-electron chi connectivity index (χ1n) is 7.66. The molecule has 23 heavy (non-hydrogen) atoms. The van der Waals surface area contributed by atoms with E-state index >= 15 is 0 Å². The molecule has 6 nitrogen and oxygen atoms in total. The molecule has 6 heteroatoms. The fraction of sp³-hybridized carbons (Fsp3) is 0.471. The summed E-state index contributed by atoms with van der Waals surface area (Å²) in [4.78, 5) is 13.1. The summed E-state index contributed by atoms with van der Waals surface area (Å²) in [6.07, 6.45) is -0.276. The standard InChI is InChI=1S/C17H24N2O4/c1-11(2)23-15-9-12(5-6-14(15)18-17(20)21)13-7-8-19(3)10-16(13)22-4/h5-6,9,11,18H,7-8,10H2,1-4H3,(H,20,21). The van der Waals surface area contributed by atoms with E-state index in [1.54, 1.807) is 13.2 Å². The zero-order valence-electron chi connectivity index (χ0n) is 14.0. The van der Waals surface area contributed by atoms with Crippen LogP contribution in [0.3, 0.4) is 0 Å². The molecule has 0 atom stereocenters. The van der Waals surface area contributed by atoms with E-state index in [0.717, 1.165) is 36.4 Å². The van der Waals surface area contributed by atoms with Crippen LogP contribution >= 0.6 is 0 Å². The quantitative estimate of drug-likeness (QED) is 0.871. The average molecular weight is 320 g/mol. The molecule has 0 saturated heterocycles. The predicted molar refractivity (Wildman–Crippen MR) is 89.9 cm³/mol. The summed E-state index contributed by atoms with van der Waals surface area (Å²) >= 11 is 0. The van der Waals surface area contributed by atoms with Crippen molar-refractivity contribution in [3.63, 3.8) is 0 Å². The Morgan fingerprint density at radius 1 is 1.39 bits per heavy atom. The summed E-state index contributed by atoms with van der Waals surface area (Å²) in [7, 11) is 3.74. The van der Waals surface area contributed by atoms with Gasteiger partial charge in [-0.1, -0.05) is 6.07 Å². The van der Waals surface area contributed by atoms with Crippen molar-refractivity contribution in [3.8, 4) is 5.75 Å². The molecule has 1 amide bonds. The van der Waals surface area contributed by atoms with Gasteiger partial charge in [0, 0.05) is 6.54 Å². The van der Waals surface area contributed by atoms with E-state index in [1.807, 2.05) is 26.0 Å². The smallest absolute Gasteiger partial charge is 0.409 e. The highest BCUT2D eigenvalue weighted by Gasteiger charge is 2.20. The Balaban J connectivity index is 2.41. The first kappa shape index (κ1) is 17.1. The van der Waals surface area contributed by atoms with Crippen molar-refractivity contribution in [2.24, 2.45) is 0 Å². The van der Waals surface area contributed by atoms with E-state index in [0.29, 0.717) is 11.4 Å². The maximum atomic E-state index is 10.9. The Labute approximate surface area is 136 Å². The summed E-state index contributed by atoms with van der Waals surface area (Å²) < 4.78 is 11.3. The number of carbonyl (C=O) groups is 1. The van der Waals surface area contributed by atoms with E-state index < -0.39 is 6.09 Å². The maximum Gasteiger partial charge on any atom is 0.409 e. The first-order chi connectivity index (χ1) is 10.9. The molecular formula is C17H24N2O4. The fourth-order valence-electron chi connectivity index (χ4n) is 2.63. The number of ether oxygens (including phenoxy) is 2. The van der Waals surface area contributed by atoms with Gasteiger partial charge in [-0.15, -0.1) is 0 Å². The second-order valence-electron chi connectivity index (χ2n) is 5.90. The van der Waals surface area contributed by atoms with Crippen molar-refractivity contribution in [1.29, 1.82) is 0 Å². The minimum absolute atomic E-state index is 0.0482. The van der Waals surface area contributed by atoms with Gasteiger partial charge >= 0.3 is 6.09 Å². The van der Waals surface area contributed by atoms with Gasteiger partial charge < -0.3 is 14.6 Å². The summed E-state index contributed by atoms with van der Waals surface area (Å²) in [5.74, 6) is 1.47. The third-order valence-corrected chi connectivity index (χ3v) is 3.67. The predicted octanol–water partition coefficient (Wildman–Crippen LogP) is 3.26. The number of nitrogens with one attached hydrogen (secondary N) is 1. The van der Waals surface area contributed by atoms with Gasteiger partial charge in [-0.3, -0.25) is 10.2 Å². The molecule has 1 aliphatic heterocycles. The second-order valence-corrected chi connectivity index (χ2v) is 5.90. The zero-order chi connectivity index (χ0) is 17.0. The SMILES string of the molecule is COC1=C(c2ccc(NC(=O)O)c(OC(C)C)c2)CCN(C)C1. The normalized spacial score (nSPS) is 15.7. The summed E-state index contributed by atoms with van der Waals surface area (Å²) in [6, 6.07) is 5.52. The molecule has 1 aromatic rings. The molecule has 0 bridgehead atoms. The average Bonchev–Trinajstić information content (AvgIpc) is 2.48. The van der Waals surface area contributed by atoms with Crippen LogP contribution in [0.2, 0.25) is 0 Å². The van der Waals surface area contributed by atoms with Gasteiger partial charge in [0.1, 0.15) is 11.5 Å². The van der Waals surface area contributed by atoms with E-state index in [9.17, 15) is 4.79 Å². The van der Waals surface area contributed by atoms with Crippen LogP contribution in [0.4, 0.5) is 10.5 Å². The molecule has 0 aliphatic carbocycles. The molecule has 2 rings (SSSR count). The number of hydrogen-bond acceptors (Lipinski definition) is 4. The van der Waals surface area contributed by atoms with Crippen molar-refractivity contribution in [1.82, 2.24) is 4.90 Å². The third kappa shape index (κ3) is 4.39. The zero-order valence-corrected chi connectivity index (χ0v) is 14.0. The Morgan fingerprint density at radius 2 is 2.13 bits per heavy atom. The number of likely N-dealkylation sites (N-methyl/N-ethyl adjacent to an activating group) is 1. The number of benzene rings is 1. The monoisotopic (exact) mass is 320 g/mol. The molecule has 0 radical (unpaired) electrons. The van der Waals surface area contributed by atoms with E-state index in [-0.39, 0.29) is 6.10 Å². The molecule has 0 saturated carbocycles. The van der Waals surface area contributed by atoms with Crippen LogP contribution in [0.1, 0.15) is 25.8 Å². The Kier molecular flexibility index (Phi) is 5.50. The van der Waals surface area contributed by atoms with Crippen LogP contribution in [0.5, 0.6) is 5.75 Å². The van der Waals surface area contributed by atoms with Crippen molar-refractivity contribution >= 4 is 17.4 Å². The fourth-order valence-corrected chi connectivity index (χ4v) is 2.63. The minimum atomic E-state index is -1.11. The van der Waals surface area contributed by atoms with Crippen molar-refractivity contribution < 1.29 is 19.4 Å². The molecule has 2 N–H and O–H groups in total. The lowest BCUT2D eigenvalue weighted by Gasteiger charge is -2.27. The summed E-state index contributed by atoms with van der Waals surface area (Å²) in [5, 5.41) is 11.3. The van der Waals surface area contributed by atoms with Gasteiger partial charge in [-0.25, -0.2) is 4.79 Å². The highest BCUT2D eigenvalue weighted by atomic mass is 16.5. The Morgan fingerprint density at radius 3 is 2.74 bits per heavy atom. The van der Waals surface area contributed by atoms with Crippen molar-refractivity contribution in [3.05, 3.63) is 29.5 Å². The van der Waals surface area contributed by atoms with Crippen molar-refractivity contribution in [2.75, 3.05) is 32.6 Å². The number of nitrogens with zero attached hydrogens (tertiary/aromatic N) is 1. The van der Waals surface area contributed by atoms with Crippen LogP contribution in [-0.2, 0) is 4.74 Å². The molecule has 0 aromatic heterocycles. The van der Waals surface area contributed by atoms with E-state index in [2.05, 4.69) is 17.3 Å². The molecule has 1 heterocycles. The van der Waals surface area contributed by atoms with E-state index in [1.165, 1.54) is 0 Å². The van der Waals surface area contributed by atoms with Gasteiger partial charge in [0.05, 0.1) is 25.4 Å². The number of anilines is 1. The number of methoxy groups -OCH3 is 1. The highest BCUT2D eigenvalue weighted by molar-refractivity contribution is 5.86. The molecule has 1 aromatic carbocycles. The van der Waals surface area contributed by atoms with Crippen LogP contribution in [0.25, 0.3) is 5.57 Å². The number of rotatable bonds is 5. The Hall–Kier alpha value is -2.21. The largest absolute Gasteiger partial charge is 0.499 e. The molecule has 0 fully saturated rings. The molecule has 126 valence electrons. The molecule has 0 spiro atoms. The van der Waals surface area contributed by atoms with Gasteiger partial charge in [0.25, 0.3) is 0 Å². The topological polar surface area (TPSA) is 71.0 Å². The van der Waals surface area contributed by atoms with Gasteiger partial charge in [-0.2, -0.15) is 0 Å². The van der Waals surface area contributed by atoms with Crippen LogP contribution in [-0.4, -0.2) is 49.5 Å². The molecule has 1 aliphatic rings. The molecule has 0 unspecified atom stereocenters.